The van der Waals surface area contributed by atoms with E-state index in [2.05, 4.69) is 0 Å². The van der Waals surface area contributed by atoms with E-state index in [1.54, 1.807) is 26.0 Å². The lowest BCUT2D eigenvalue weighted by Gasteiger charge is -2.24. The van der Waals surface area contributed by atoms with Crippen LogP contribution in [0.3, 0.4) is 0 Å². The molecule has 0 heterocycles. The molecule has 2 aromatic carbocycles. The van der Waals surface area contributed by atoms with Crippen LogP contribution in [0.15, 0.2) is 41.3 Å². The molecule has 0 aliphatic heterocycles. The standard InChI is InChI=1S/C21H25ClF2N4O5S.2C2H6/c1-26(2)20(30)13-27(3)8-9-28(12-19(29)25-31)34(32)16-10-17(23)21(18(24)11-16)33-15-6-4-14(22)5-7-15;2*1-2/h4-7,10-11,31H,8-9,12-13H2,1-3H3,(H,25,29);2*1-2H3. The molecule has 2 N–H and O–H groups in total. The smallest absolute Gasteiger partial charge is 0.258 e. The normalized spacial score (nSPS) is 11.1. The summed E-state index contributed by atoms with van der Waals surface area (Å²) in [5.41, 5.74) is 1.43. The van der Waals surface area contributed by atoms with E-state index in [-0.39, 0.29) is 36.2 Å². The Morgan fingerprint density at radius 2 is 1.50 bits per heavy atom. The van der Waals surface area contributed by atoms with E-state index in [1.165, 1.54) is 34.6 Å². The van der Waals surface area contributed by atoms with Gasteiger partial charge in [0.15, 0.2) is 17.4 Å². The van der Waals surface area contributed by atoms with Crippen LogP contribution < -0.4 is 10.2 Å². The van der Waals surface area contributed by atoms with Gasteiger partial charge in [-0.1, -0.05) is 39.3 Å². The molecule has 2 amide bonds. The molecule has 2 rings (SSSR count). The molecule has 9 nitrogen and oxygen atoms in total. The van der Waals surface area contributed by atoms with Gasteiger partial charge in [0.25, 0.3) is 5.91 Å². The molecule has 214 valence electrons. The number of carbonyl (C=O) groups is 2. The Balaban J connectivity index is 0.00000326. The molecule has 0 spiro atoms. The molecular formula is C25H37ClF2N4O5S. The summed E-state index contributed by atoms with van der Waals surface area (Å²) in [4.78, 5) is 26.3. The summed E-state index contributed by atoms with van der Waals surface area (Å²) in [7, 11) is 2.68. The van der Waals surface area contributed by atoms with Crippen LogP contribution in [0.1, 0.15) is 27.7 Å². The van der Waals surface area contributed by atoms with Gasteiger partial charge in [-0.05, 0) is 43.4 Å². The molecule has 0 saturated carbocycles. The predicted molar refractivity (Wildman–Crippen MR) is 145 cm³/mol. The number of rotatable bonds is 11. The van der Waals surface area contributed by atoms with Crippen LogP contribution in [0, 0.1) is 11.6 Å². The zero-order valence-electron chi connectivity index (χ0n) is 22.8. The average molecular weight is 579 g/mol. The molecule has 1 atom stereocenters. The Morgan fingerprint density at radius 3 is 1.97 bits per heavy atom. The molecule has 2 aromatic rings. The molecule has 38 heavy (non-hydrogen) atoms. The molecule has 0 radical (unpaired) electrons. The van der Waals surface area contributed by atoms with Gasteiger partial charge in [0.05, 0.1) is 18.0 Å². The fourth-order valence-corrected chi connectivity index (χ4v) is 3.97. The minimum Gasteiger partial charge on any atom is -0.451 e. The van der Waals surface area contributed by atoms with Crippen molar-refractivity contribution in [2.45, 2.75) is 32.6 Å². The summed E-state index contributed by atoms with van der Waals surface area (Å²) >= 11 is 5.78. The zero-order chi connectivity index (χ0) is 29.4. The molecule has 0 fully saturated rings. The first kappa shape index (κ1) is 35.4. The van der Waals surface area contributed by atoms with Crippen molar-refractivity contribution in [2.75, 3.05) is 47.3 Å². The second-order valence-corrected chi connectivity index (χ2v) is 9.37. The third-order valence-corrected chi connectivity index (χ3v) is 6.19. The highest BCUT2D eigenvalue weighted by Crippen LogP contribution is 2.30. The highest BCUT2D eigenvalue weighted by molar-refractivity contribution is 7.82. The Labute approximate surface area is 230 Å². The van der Waals surface area contributed by atoms with Crippen LogP contribution in [0.4, 0.5) is 8.78 Å². The van der Waals surface area contributed by atoms with Crippen LogP contribution in [0.25, 0.3) is 0 Å². The van der Waals surface area contributed by atoms with Gasteiger partial charge >= 0.3 is 0 Å². The Morgan fingerprint density at radius 1 is 0.974 bits per heavy atom. The monoisotopic (exact) mass is 578 g/mol. The van der Waals surface area contributed by atoms with Crippen molar-refractivity contribution < 1.29 is 32.5 Å². The van der Waals surface area contributed by atoms with Gasteiger partial charge in [0.1, 0.15) is 16.7 Å². The lowest BCUT2D eigenvalue weighted by atomic mass is 10.3. The van der Waals surface area contributed by atoms with Crippen molar-refractivity contribution in [1.82, 2.24) is 19.6 Å². The van der Waals surface area contributed by atoms with Crippen LogP contribution in [0.2, 0.25) is 5.02 Å². The second-order valence-electron chi connectivity index (χ2n) is 7.45. The maximum absolute atomic E-state index is 14.6. The lowest BCUT2D eigenvalue weighted by molar-refractivity contribution is -0.130. The topological polar surface area (TPSA) is 102 Å². The summed E-state index contributed by atoms with van der Waals surface area (Å²) in [5.74, 6) is -3.78. The highest BCUT2D eigenvalue weighted by atomic mass is 35.5. The molecule has 0 bridgehead atoms. The SMILES string of the molecule is CC.CC.CN(CCN(CC(=O)NO)S(=O)c1cc(F)c(Oc2ccc(Cl)cc2)c(F)c1)CC(=O)N(C)C. The van der Waals surface area contributed by atoms with Gasteiger partial charge in [-0.3, -0.25) is 19.7 Å². The minimum absolute atomic E-state index is 0.0104. The Hall–Kier alpha value is -2.64. The van der Waals surface area contributed by atoms with Gasteiger partial charge < -0.3 is 9.64 Å². The Kier molecular flexibility index (Phi) is 17.3. The first-order valence-corrected chi connectivity index (χ1v) is 13.4. The van der Waals surface area contributed by atoms with Crippen molar-refractivity contribution in [3.8, 4) is 11.5 Å². The third-order valence-electron chi connectivity index (χ3n) is 4.52. The van der Waals surface area contributed by atoms with Crippen molar-refractivity contribution >= 4 is 34.4 Å². The fraction of sp³-hybridized carbons (Fsp3) is 0.440. The molecular weight excluding hydrogens is 542 g/mol. The summed E-state index contributed by atoms with van der Waals surface area (Å²) in [6.07, 6.45) is 0. The summed E-state index contributed by atoms with van der Waals surface area (Å²) < 4.78 is 48.7. The van der Waals surface area contributed by atoms with Crippen LogP contribution >= 0.6 is 11.6 Å². The van der Waals surface area contributed by atoms with Gasteiger partial charge in [0.2, 0.25) is 5.91 Å². The van der Waals surface area contributed by atoms with Crippen molar-refractivity contribution in [1.29, 1.82) is 0 Å². The fourth-order valence-electron chi connectivity index (χ4n) is 2.65. The van der Waals surface area contributed by atoms with Gasteiger partial charge in [0, 0.05) is 32.2 Å². The van der Waals surface area contributed by atoms with Gasteiger partial charge in [-0.25, -0.2) is 22.8 Å². The van der Waals surface area contributed by atoms with E-state index in [0.29, 0.717) is 5.02 Å². The number of hydrogen-bond acceptors (Lipinski definition) is 6. The summed E-state index contributed by atoms with van der Waals surface area (Å²) in [6.45, 7) is 7.74. The number of hydroxylamine groups is 1. The maximum atomic E-state index is 14.6. The predicted octanol–water partition coefficient (Wildman–Crippen LogP) is 4.31. The number of amides is 2. The van der Waals surface area contributed by atoms with Gasteiger partial charge in [-0.15, -0.1) is 0 Å². The second kappa shape index (κ2) is 18.6. The average Bonchev–Trinajstić information content (AvgIpc) is 2.91. The maximum Gasteiger partial charge on any atom is 0.258 e. The van der Waals surface area contributed by atoms with E-state index in [1.807, 2.05) is 27.7 Å². The van der Waals surface area contributed by atoms with Crippen LogP contribution in [-0.2, 0) is 20.6 Å². The number of benzene rings is 2. The number of likely N-dealkylation sites (N-methyl/N-ethyl adjacent to an activating group) is 2. The largest absolute Gasteiger partial charge is 0.451 e. The quantitative estimate of drug-likeness (QED) is 0.304. The van der Waals surface area contributed by atoms with E-state index >= 15 is 0 Å². The van der Waals surface area contributed by atoms with Crippen molar-refractivity contribution in [3.63, 3.8) is 0 Å². The number of nitrogens with zero attached hydrogens (tertiary/aromatic N) is 3. The van der Waals surface area contributed by atoms with E-state index in [0.717, 1.165) is 16.4 Å². The molecule has 1 unspecified atom stereocenters. The van der Waals surface area contributed by atoms with E-state index in [4.69, 9.17) is 21.5 Å². The minimum atomic E-state index is -2.17. The van der Waals surface area contributed by atoms with Crippen LogP contribution in [-0.4, -0.2) is 82.7 Å². The van der Waals surface area contributed by atoms with Gasteiger partial charge in [-0.2, -0.15) is 0 Å². The lowest BCUT2D eigenvalue weighted by Crippen LogP contribution is -2.42. The number of halogens is 3. The van der Waals surface area contributed by atoms with E-state index in [9.17, 15) is 22.6 Å². The zero-order valence-corrected chi connectivity index (χ0v) is 24.3. The third kappa shape index (κ3) is 11.8. The molecule has 0 aromatic heterocycles. The first-order chi connectivity index (χ1) is 18.0. The van der Waals surface area contributed by atoms with E-state index < -0.39 is 40.8 Å². The molecule has 0 aliphatic carbocycles. The number of ether oxygens (including phenoxy) is 1. The highest BCUT2D eigenvalue weighted by Gasteiger charge is 2.23. The summed E-state index contributed by atoms with van der Waals surface area (Å²) in [6, 6.07) is 7.52. The van der Waals surface area contributed by atoms with Crippen LogP contribution in [0.5, 0.6) is 11.5 Å². The molecule has 0 saturated heterocycles. The first-order valence-electron chi connectivity index (χ1n) is 11.9. The molecule has 0 aliphatic rings. The number of hydrogen-bond donors (Lipinski definition) is 2. The van der Waals surface area contributed by atoms with Crippen molar-refractivity contribution in [3.05, 3.63) is 53.1 Å². The Bertz CT molecular complexity index is 1020. The summed E-state index contributed by atoms with van der Waals surface area (Å²) in [5, 5.41) is 9.26. The number of carbonyl (C=O) groups excluding carboxylic acids is 2. The molecule has 13 heteroatoms. The number of nitrogens with one attached hydrogen (secondary N) is 1. The van der Waals surface area contributed by atoms with Crippen molar-refractivity contribution in [2.24, 2.45) is 0 Å².